The van der Waals surface area contributed by atoms with Crippen molar-refractivity contribution in [3.63, 3.8) is 0 Å². The third-order valence-corrected chi connectivity index (χ3v) is 5.81. The fourth-order valence-corrected chi connectivity index (χ4v) is 4.04. The topological polar surface area (TPSA) is 111 Å². The predicted octanol–water partition coefficient (Wildman–Crippen LogP) is 2.93. The molecule has 3 atom stereocenters. The van der Waals surface area contributed by atoms with Gasteiger partial charge in [-0.1, -0.05) is 6.58 Å². The van der Waals surface area contributed by atoms with E-state index in [0.29, 0.717) is 18.4 Å². The lowest BCUT2D eigenvalue weighted by Gasteiger charge is -2.37. The second kappa shape index (κ2) is 8.32. The summed E-state index contributed by atoms with van der Waals surface area (Å²) in [6.45, 7) is 4.88. The van der Waals surface area contributed by atoms with Gasteiger partial charge in [0.1, 0.15) is 12.7 Å². The molecule has 172 valence electrons. The molecule has 2 bridgehead atoms. The summed E-state index contributed by atoms with van der Waals surface area (Å²) in [6, 6.07) is 2.91. The first kappa shape index (κ1) is 23.4. The van der Waals surface area contributed by atoms with Gasteiger partial charge in [-0.25, -0.2) is 13.2 Å². The Balaban J connectivity index is 1.89. The van der Waals surface area contributed by atoms with Crippen LogP contribution in [0.4, 0.5) is 13.2 Å². The first-order chi connectivity index (χ1) is 14.3. The van der Waals surface area contributed by atoms with Gasteiger partial charge >= 0.3 is 12.3 Å². The average Bonchev–Trinajstić information content (AvgIpc) is 3.22. The van der Waals surface area contributed by atoms with E-state index in [0.717, 1.165) is 24.6 Å². The Morgan fingerprint density at radius 2 is 2.03 bits per heavy atom. The molecular formula is C19H20F3O8S-. The van der Waals surface area contributed by atoms with Crippen molar-refractivity contribution >= 4 is 16.1 Å². The van der Waals surface area contributed by atoms with E-state index in [1.807, 2.05) is 0 Å². The third kappa shape index (κ3) is 5.49. The van der Waals surface area contributed by atoms with Gasteiger partial charge in [0, 0.05) is 6.42 Å². The quantitative estimate of drug-likeness (QED) is 0.327. The van der Waals surface area contributed by atoms with Gasteiger partial charge in [-0.15, -0.1) is 13.2 Å². The molecule has 0 aliphatic carbocycles. The number of fused-ring (bicyclic) bond motifs is 2. The number of carbonyl (C=O) groups is 1. The molecule has 0 radical (unpaired) electrons. The summed E-state index contributed by atoms with van der Waals surface area (Å²) in [5, 5.41) is 0. The minimum absolute atomic E-state index is 0.115. The predicted molar refractivity (Wildman–Crippen MR) is 98.7 cm³/mol. The van der Waals surface area contributed by atoms with Gasteiger partial charge in [0.05, 0.1) is 27.5 Å². The van der Waals surface area contributed by atoms with Crippen molar-refractivity contribution in [2.75, 3.05) is 12.4 Å². The summed E-state index contributed by atoms with van der Waals surface area (Å²) in [5.41, 5.74) is -0.758. The van der Waals surface area contributed by atoms with Crippen molar-refractivity contribution in [2.24, 2.45) is 0 Å². The SMILES string of the molecule is C=C(C)C1(Oc2cc(C(=O)OCCS(=O)(=O)[O-])ccc2OC(F)(F)F)CC2CCC1O2. The molecule has 0 N–H and O–H groups in total. The van der Waals surface area contributed by atoms with Gasteiger partial charge in [0.2, 0.25) is 0 Å². The van der Waals surface area contributed by atoms with Gasteiger partial charge in [0.25, 0.3) is 0 Å². The monoisotopic (exact) mass is 465 g/mol. The Morgan fingerprint density at radius 3 is 2.55 bits per heavy atom. The smallest absolute Gasteiger partial charge is 0.573 e. The van der Waals surface area contributed by atoms with E-state index in [1.165, 1.54) is 0 Å². The van der Waals surface area contributed by atoms with Crippen LogP contribution in [0.2, 0.25) is 0 Å². The number of rotatable bonds is 8. The number of hydrogen-bond acceptors (Lipinski definition) is 8. The molecule has 0 amide bonds. The number of halogens is 3. The second-order valence-electron chi connectivity index (χ2n) is 7.41. The fraction of sp³-hybridized carbons (Fsp3) is 0.526. The number of carbonyl (C=O) groups excluding carboxylic acids is 1. The molecule has 0 saturated carbocycles. The highest BCUT2D eigenvalue weighted by molar-refractivity contribution is 7.85. The molecule has 8 nitrogen and oxygen atoms in total. The highest BCUT2D eigenvalue weighted by atomic mass is 32.2. The molecule has 0 aromatic heterocycles. The minimum Gasteiger partial charge on any atom is -0.748 e. The average molecular weight is 465 g/mol. The van der Waals surface area contributed by atoms with Crippen LogP contribution in [0.1, 0.15) is 36.5 Å². The van der Waals surface area contributed by atoms with Gasteiger partial charge in [-0.3, -0.25) is 0 Å². The van der Waals surface area contributed by atoms with E-state index in [9.17, 15) is 30.9 Å². The van der Waals surface area contributed by atoms with Crippen molar-refractivity contribution in [1.82, 2.24) is 0 Å². The molecule has 0 spiro atoms. The lowest BCUT2D eigenvalue weighted by Crippen LogP contribution is -2.46. The Kier molecular flexibility index (Phi) is 6.27. The summed E-state index contributed by atoms with van der Waals surface area (Å²) in [5.74, 6) is -3.02. The summed E-state index contributed by atoms with van der Waals surface area (Å²) in [4.78, 5) is 12.2. The van der Waals surface area contributed by atoms with Crippen LogP contribution in [0.25, 0.3) is 0 Å². The third-order valence-electron chi connectivity index (χ3n) is 5.14. The van der Waals surface area contributed by atoms with Crippen LogP contribution >= 0.6 is 0 Å². The molecular weight excluding hydrogens is 445 g/mol. The largest absolute Gasteiger partial charge is 0.748 e. The van der Waals surface area contributed by atoms with Crippen LogP contribution in [-0.4, -0.2) is 55.5 Å². The Morgan fingerprint density at radius 1 is 1.32 bits per heavy atom. The van der Waals surface area contributed by atoms with Crippen LogP contribution in [0.15, 0.2) is 30.4 Å². The number of esters is 1. The van der Waals surface area contributed by atoms with Crippen LogP contribution in [0.3, 0.4) is 0 Å². The van der Waals surface area contributed by atoms with Crippen LogP contribution < -0.4 is 9.47 Å². The molecule has 2 aliphatic rings. The van der Waals surface area contributed by atoms with Gasteiger partial charge in [-0.05, 0) is 43.5 Å². The van der Waals surface area contributed by atoms with E-state index in [2.05, 4.69) is 11.3 Å². The zero-order chi connectivity index (χ0) is 23.0. The standard InChI is InChI=1S/C19H21F3O8S/c1-11(2)18(10-13-4-6-16(18)28-13)29-15-9-12(3-5-14(15)30-19(20,21)22)17(23)27-7-8-31(24,25)26/h3,5,9,13,16H,1,4,6-8,10H2,2H3,(H,24,25,26)/p-1. The van der Waals surface area contributed by atoms with Crippen LogP contribution in [-0.2, 0) is 19.6 Å². The Bertz CT molecular complexity index is 975. The van der Waals surface area contributed by atoms with Gasteiger partial charge < -0.3 is 23.5 Å². The van der Waals surface area contributed by atoms with Crippen molar-refractivity contribution in [3.05, 3.63) is 35.9 Å². The highest BCUT2D eigenvalue weighted by Gasteiger charge is 2.55. The van der Waals surface area contributed by atoms with Crippen molar-refractivity contribution < 1.29 is 49.9 Å². The molecule has 12 heteroatoms. The zero-order valence-corrected chi connectivity index (χ0v) is 17.3. The second-order valence-corrected chi connectivity index (χ2v) is 8.93. The summed E-state index contributed by atoms with van der Waals surface area (Å²) in [7, 11) is -4.60. The molecule has 3 rings (SSSR count). The van der Waals surface area contributed by atoms with E-state index in [1.54, 1.807) is 6.92 Å². The Labute approximate surface area is 176 Å². The van der Waals surface area contributed by atoms with E-state index in [-0.39, 0.29) is 17.4 Å². The van der Waals surface area contributed by atoms with E-state index in [4.69, 9.17) is 14.2 Å². The van der Waals surface area contributed by atoms with E-state index >= 15 is 0 Å². The van der Waals surface area contributed by atoms with Crippen molar-refractivity contribution in [2.45, 2.75) is 50.4 Å². The maximum Gasteiger partial charge on any atom is 0.573 e. The highest BCUT2D eigenvalue weighted by Crippen LogP contribution is 2.49. The molecule has 31 heavy (non-hydrogen) atoms. The van der Waals surface area contributed by atoms with E-state index < -0.39 is 52.3 Å². The number of ether oxygens (including phenoxy) is 4. The number of alkyl halides is 3. The summed E-state index contributed by atoms with van der Waals surface area (Å²) >= 11 is 0. The maximum atomic E-state index is 12.9. The Hall–Kier alpha value is -2.31. The molecule has 2 heterocycles. The first-order valence-electron chi connectivity index (χ1n) is 9.30. The molecule has 1 aromatic carbocycles. The van der Waals surface area contributed by atoms with Gasteiger partial charge in [-0.2, -0.15) is 0 Å². The molecule has 3 unspecified atom stereocenters. The molecule has 1 aromatic rings. The van der Waals surface area contributed by atoms with Gasteiger partial charge in [0.15, 0.2) is 17.1 Å². The maximum absolute atomic E-state index is 12.9. The van der Waals surface area contributed by atoms with Crippen LogP contribution in [0.5, 0.6) is 11.5 Å². The fourth-order valence-electron chi connectivity index (χ4n) is 3.75. The normalized spacial score (nSPS) is 25.3. The lowest BCUT2D eigenvalue weighted by molar-refractivity contribution is -0.275. The number of hydrogen-bond donors (Lipinski definition) is 0. The zero-order valence-electron chi connectivity index (χ0n) is 16.4. The molecule has 2 fully saturated rings. The molecule has 2 aliphatic heterocycles. The van der Waals surface area contributed by atoms with Crippen molar-refractivity contribution in [1.29, 1.82) is 0 Å². The molecule has 2 saturated heterocycles. The van der Waals surface area contributed by atoms with Crippen molar-refractivity contribution in [3.8, 4) is 11.5 Å². The lowest BCUT2D eigenvalue weighted by atomic mass is 9.80. The summed E-state index contributed by atoms with van der Waals surface area (Å²) < 4.78 is 91.0. The first-order valence-corrected chi connectivity index (χ1v) is 10.9. The summed E-state index contributed by atoms with van der Waals surface area (Å²) in [6.07, 6.45) is -3.72. The van der Waals surface area contributed by atoms with Crippen LogP contribution in [0, 0.1) is 0 Å². The minimum atomic E-state index is -5.01. The number of benzene rings is 1.